The van der Waals surface area contributed by atoms with E-state index >= 15 is 0 Å². The normalized spacial score (nSPS) is 11.0. The third-order valence-corrected chi connectivity index (χ3v) is 3.69. The maximum absolute atomic E-state index is 6.16. The van der Waals surface area contributed by atoms with E-state index in [1.165, 1.54) is 0 Å². The molecule has 3 rings (SSSR count). The van der Waals surface area contributed by atoms with Gasteiger partial charge in [0.05, 0.1) is 19.7 Å². The number of aromatic nitrogens is 1. The Bertz CT molecular complexity index is 887. The molecule has 0 radical (unpaired) electrons. The number of benzene rings is 2. The smallest absolute Gasteiger partial charge is 0.162 e. The Labute approximate surface area is 141 Å². The zero-order valence-corrected chi connectivity index (χ0v) is 13.9. The van der Waals surface area contributed by atoms with E-state index in [1.807, 2.05) is 61.5 Å². The van der Waals surface area contributed by atoms with Crippen LogP contribution in [0.4, 0.5) is 0 Å². The Morgan fingerprint density at radius 2 is 1.62 bits per heavy atom. The molecule has 2 aromatic carbocycles. The highest BCUT2D eigenvalue weighted by molar-refractivity contribution is 5.88. The number of rotatable bonds is 5. The maximum Gasteiger partial charge on any atom is 0.162 e. The first kappa shape index (κ1) is 15.9. The number of para-hydroxylation sites is 1. The molecule has 3 aromatic rings. The van der Waals surface area contributed by atoms with E-state index in [-0.39, 0.29) is 0 Å². The van der Waals surface area contributed by atoms with Gasteiger partial charge in [-0.05, 0) is 25.1 Å². The van der Waals surface area contributed by atoms with Crippen molar-refractivity contribution in [3.8, 4) is 23.0 Å². The summed E-state index contributed by atoms with van der Waals surface area (Å²) in [6, 6.07) is 13.5. The fraction of sp³-hybridized carbons (Fsp3) is 0.150. The SMILES string of the molecule is CC=Cc1ccccc1Oc1ccnc2cc(OC)c(OC)cc12. The molecule has 122 valence electrons. The van der Waals surface area contributed by atoms with Gasteiger partial charge in [0.25, 0.3) is 0 Å². The number of hydrogen-bond donors (Lipinski definition) is 0. The van der Waals surface area contributed by atoms with E-state index in [1.54, 1.807) is 20.4 Å². The molecule has 0 saturated carbocycles. The van der Waals surface area contributed by atoms with Gasteiger partial charge in [0.1, 0.15) is 11.5 Å². The first-order chi connectivity index (χ1) is 11.8. The highest BCUT2D eigenvalue weighted by Crippen LogP contribution is 2.37. The van der Waals surface area contributed by atoms with Crippen molar-refractivity contribution in [3.63, 3.8) is 0 Å². The van der Waals surface area contributed by atoms with Crippen molar-refractivity contribution in [2.24, 2.45) is 0 Å². The molecule has 0 aliphatic rings. The van der Waals surface area contributed by atoms with Crippen molar-refractivity contribution in [2.45, 2.75) is 6.92 Å². The van der Waals surface area contributed by atoms with Crippen LogP contribution in [0.2, 0.25) is 0 Å². The minimum atomic E-state index is 0.643. The predicted octanol–water partition coefficient (Wildman–Crippen LogP) is 5.08. The van der Waals surface area contributed by atoms with Crippen LogP contribution in [0.15, 0.2) is 54.7 Å². The second-order valence-corrected chi connectivity index (χ2v) is 5.17. The molecule has 0 fully saturated rings. The molecule has 1 aromatic heterocycles. The first-order valence-electron chi connectivity index (χ1n) is 7.67. The fourth-order valence-electron chi connectivity index (χ4n) is 2.55. The van der Waals surface area contributed by atoms with Crippen molar-refractivity contribution in [1.29, 1.82) is 0 Å². The highest BCUT2D eigenvalue weighted by atomic mass is 16.5. The molecule has 4 nitrogen and oxygen atoms in total. The van der Waals surface area contributed by atoms with E-state index in [9.17, 15) is 0 Å². The van der Waals surface area contributed by atoms with Gasteiger partial charge in [0.15, 0.2) is 11.5 Å². The number of allylic oxidation sites excluding steroid dienone is 1. The zero-order chi connectivity index (χ0) is 16.9. The molecule has 4 heteroatoms. The van der Waals surface area contributed by atoms with Crippen LogP contribution in [0.5, 0.6) is 23.0 Å². The van der Waals surface area contributed by atoms with Crippen molar-refractivity contribution in [3.05, 3.63) is 60.3 Å². The Morgan fingerprint density at radius 1 is 0.875 bits per heavy atom. The molecular formula is C20H19NO3. The lowest BCUT2D eigenvalue weighted by atomic mass is 10.1. The second kappa shape index (κ2) is 7.04. The lowest BCUT2D eigenvalue weighted by Gasteiger charge is -2.13. The van der Waals surface area contributed by atoms with E-state index in [0.29, 0.717) is 11.5 Å². The molecular weight excluding hydrogens is 302 g/mol. The van der Waals surface area contributed by atoms with Crippen LogP contribution in [0.3, 0.4) is 0 Å². The minimum Gasteiger partial charge on any atom is -0.493 e. The Hall–Kier alpha value is -3.01. The Kier molecular flexibility index (Phi) is 4.66. The number of ether oxygens (including phenoxy) is 3. The van der Waals surface area contributed by atoms with Gasteiger partial charge in [-0.3, -0.25) is 4.98 Å². The molecule has 0 bridgehead atoms. The molecule has 0 unspecified atom stereocenters. The molecule has 0 atom stereocenters. The summed E-state index contributed by atoms with van der Waals surface area (Å²) in [4.78, 5) is 4.40. The summed E-state index contributed by atoms with van der Waals surface area (Å²) >= 11 is 0. The Morgan fingerprint density at radius 3 is 2.38 bits per heavy atom. The monoisotopic (exact) mass is 321 g/mol. The molecule has 0 N–H and O–H groups in total. The number of pyridine rings is 1. The number of nitrogens with zero attached hydrogens (tertiary/aromatic N) is 1. The van der Waals surface area contributed by atoms with Gasteiger partial charge in [-0.1, -0.05) is 30.4 Å². The minimum absolute atomic E-state index is 0.643. The number of hydrogen-bond acceptors (Lipinski definition) is 4. The first-order valence-corrected chi connectivity index (χ1v) is 7.67. The summed E-state index contributed by atoms with van der Waals surface area (Å²) < 4.78 is 16.9. The third-order valence-electron chi connectivity index (χ3n) is 3.69. The summed E-state index contributed by atoms with van der Waals surface area (Å²) in [6.45, 7) is 1.98. The average Bonchev–Trinajstić information content (AvgIpc) is 2.62. The maximum atomic E-state index is 6.16. The van der Waals surface area contributed by atoms with Gasteiger partial charge in [-0.15, -0.1) is 0 Å². The molecule has 0 aliphatic heterocycles. The van der Waals surface area contributed by atoms with Gasteiger partial charge in [0.2, 0.25) is 0 Å². The van der Waals surface area contributed by atoms with Crippen LogP contribution in [0, 0.1) is 0 Å². The summed E-state index contributed by atoms with van der Waals surface area (Å²) in [6.07, 6.45) is 5.73. The highest BCUT2D eigenvalue weighted by Gasteiger charge is 2.12. The topological polar surface area (TPSA) is 40.6 Å². The lowest BCUT2D eigenvalue weighted by molar-refractivity contribution is 0.355. The van der Waals surface area contributed by atoms with Crippen LogP contribution in [0.25, 0.3) is 17.0 Å². The van der Waals surface area contributed by atoms with Crippen molar-refractivity contribution in [2.75, 3.05) is 14.2 Å². The van der Waals surface area contributed by atoms with Crippen LogP contribution in [-0.4, -0.2) is 19.2 Å². The van der Waals surface area contributed by atoms with Gasteiger partial charge in [0, 0.05) is 23.2 Å². The van der Waals surface area contributed by atoms with Gasteiger partial charge in [-0.2, -0.15) is 0 Å². The van der Waals surface area contributed by atoms with Crippen molar-refractivity contribution in [1.82, 2.24) is 4.98 Å². The van der Waals surface area contributed by atoms with Crippen LogP contribution in [-0.2, 0) is 0 Å². The van der Waals surface area contributed by atoms with Crippen molar-refractivity contribution >= 4 is 17.0 Å². The predicted molar refractivity (Wildman–Crippen MR) is 96.1 cm³/mol. The number of fused-ring (bicyclic) bond motifs is 1. The van der Waals surface area contributed by atoms with E-state index in [0.717, 1.165) is 28.0 Å². The van der Waals surface area contributed by atoms with E-state index in [2.05, 4.69) is 4.98 Å². The quantitative estimate of drug-likeness (QED) is 0.657. The standard InChI is InChI=1S/C20H19NO3/c1-4-7-14-8-5-6-9-17(14)24-18-10-11-21-16-13-20(23-3)19(22-2)12-15(16)18/h4-13H,1-3H3. The lowest BCUT2D eigenvalue weighted by Crippen LogP contribution is -1.94. The fourth-order valence-corrected chi connectivity index (χ4v) is 2.55. The van der Waals surface area contributed by atoms with Crippen molar-refractivity contribution < 1.29 is 14.2 Å². The second-order valence-electron chi connectivity index (χ2n) is 5.17. The third kappa shape index (κ3) is 3.04. The van der Waals surface area contributed by atoms with Gasteiger partial charge < -0.3 is 14.2 Å². The molecule has 0 aliphatic carbocycles. The molecule has 0 amide bonds. The summed E-state index contributed by atoms with van der Waals surface area (Å²) in [5.74, 6) is 2.80. The summed E-state index contributed by atoms with van der Waals surface area (Å²) in [5.41, 5.74) is 1.80. The average molecular weight is 321 g/mol. The van der Waals surface area contributed by atoms with E-state index < -0.39 is 0 Å². The van der Waals surface area contributed by atoms with Crippen LogP contribution < -0.4 is 14.2 Å². The summed E-state index contributed by atoms with van der Waals surface area (Å²) in [5, 5.41) is 0.866. The molecule has 1 heterocycles. The van der Waals surface area contributed by atoms with Gasteiger partial charge >= 0.3 is 0 Å². The van der Waals surface area contributed by atoms with Gasteiger partial charge in [-0.25, -0.2) is 0 Å². The van der Waals surface area contributed by atoms with Crippen LogP contribution in [0.1, 0.15) is 12.5 Å². The molecule has 0 saturated heterocycles. The Balaban J connectivity index is 2.10. The van der Waals surface area contributed by atoms with E-state index in [4.69, 9.17) is 14.2 Å². The number of methoxy groups -OCH3 is 2. The molecule has 0 spiro atoms. The van der Waals surface area contributed by atoms with Crippen LogP contribution >= 0.6 is 0 Å². The largest absolute Gasteiger partial charge is 0.493 e. The molecule has 24 heavy (non-hydrogen) atoms. The zero-order valence-electron chi connectivity index (χ0n) is 13.9. The summed E-state index contributed by atoms with van der Waals surface area (Å²) in [7, 11) is 3.22.